The lowest BCUT2D eigenvalue weighted by Gasteiger charge is -1.76. The van der Waals surface area contributed by atoms with Crippen LogP contribution in [0.2, 0.25) is 6.55 Å². The van der Waals surface area contributed by atoms with Crippen molar-refractivity contribution in [3.63, 3.8) is 0 Å². The Labute approximate surface area is 37.3 Å². The second kappa shape index (κ2) is 8.84. The van der Waals surface area contributed by atoms with E-state index >= 15 is 0 Å². The van der Waals surface area contributed by atoms with Gasteiger partial charge in [-0.25, -0.2) is 0 Å². The molecule has 5 heavy (non-hydrogen) atoms. The largest absolute Gasteiger partial charge is 0.468 e. The normalized spacial score (nSPS) is 9.00. The molecule has 0 saturated carbocycles. The quantitative estimate of drug-likeness (QED) is 0.347. The Morgan fingerprint density at radius 2 is 2.00 bits per heavy atom. The molecule has 0 rings (SSSR count). The minimum absolute atomic E-state index is 0. The molecule has 4 heteroatoms. The van der Waals surface area contributed by atoms with Gasteiger partial charge >= 0.3 is 0 Å². The molecule has 0 amide bonds. The second-order valence-corrected chi connectivity index (χ2v) is 3.46. The number of hydrogen-bond donors (Lipinski definition) is 0. The Bertz CT molecular complexity index is 9.61. The SMILES string of the molecule is C[SiH2]O[SiH3].O. The second-order valence-electron chi connectivity index (χ2n) is 0.577. The molecule has 0 aliphatic rings. The van der Waals surface area contributed by atoms with Gasteiger partial charge in [0.05, 0.1) is 0 Å². The molecule has 0 spiro atoms. The Morgan fingerprint density at radius 3 is 2.00 bits per heavy atom. The van der Waals surface area contributed by atoms with Gasteiger partial charge in [0.25, 0.3) is 0 Å². The average molecular weight is 110 g/mol. The van der Waals surface area contributed by atoms with Crippen LogP contribution in [-0.4, -0.2) is 25.7 Å². The maximum atomic E-state index is 4.82. The van der Waals surface area contributed by atoms with Crippen molar-refractivity contribution in [1.82, 2.24) is 0 Å². The summed E-state index contributed by atoms with van der Waals surface area (Å²) in [7, 11) is 0.938. The van der Waals surface area contributed by atoms with E-state index in [2.05, 4.69) is 6.55 Å². The first-order chi connectivity index (χ1) is 1.91. The first-order valence-electron chi connectivity index (χ1n) is 1.40. The molecule has 0 aliphatic heterocycles. The summed E-state index contributed by atoms with van der Waals surface area (Å²) >= 11 is 0. The van der Waals surface area contributed by atoms with Gasteiger partial charge in [0.1, 0.15) is 20.2 Å². The molecule has 0 radical (unpaired) electrons. The molecule has 0 aromatic heterocycles. The summed E-state index contributed by atoms with van der Waals surface area (Å²) in [5.74, 6) is 0. The Hall–Kier alpha value is 0.354. The van der Waals surface area contributed by atoms with Gasteiger partial charge in [-0.2, -0.15) is 0 Å². The zero-order valence-electron chi connectivity index (χ0n) is 3.62. The standard InChI is InChI=1S/CH8OSi2.H2O/c1-4-2-3;/h4H2,1,3H3;1H2. The van der Waals surface area contributed by atoms with E-state index in [1.165, 1.54) is 0 Å². The van der Waals surface area contributed by atoms with Crippen LogP contribution in [0.5, 0.6) is 0 Å². The smallest absolute Gasteiger partial charge is 0.142 e. The first kappa shape index (κ1) is 9.02. The van der Waals surface area contributed by atoms with Crippen molar-refractivity contribution < 1.29 is 9.59 Å². The fraction of sp³-hybridized carbons (Fsp3) is 1.00. The van der Waals surface area contributed by atoms with Gasteiger partial charge in [0, 0.05) is 0 Å². The van der Waals surface area contributed by atoms with Gasteiger partial charge in [-0.3, -0.25) is 0 Å². The summed E-state index contributed by atoms with van der Waals surface area (Å²) in [4.78, 5) is 0. The van der Waals surface area contributed by atoms with E-state index in [0.29, 0.717) is 0 Å². The molecule has 0 aromatic carbocycles. The van der Waals surface area contributed by atoms with Crippen LogP contribution in [0.1, 0.15) is 0 Å². The molecule has 0 aliphatic carbocycles. The lowest BCUT2D eigenvalue weighted by Crippen LogP contribution is -1.82. The molecule has 0 saturated heterocycles. The number of rotatable bonds is 1. The van der Waals surface area contributed by atoms with Gasteiger partial charge in [0.2, 0.25) is 0 Å². The van der Waals surface area contributed by atoms with Gasteiger partial charge in [-0.1, -0.05) is 6.55 Å². The summed E-state index contributed by atoms with van der Waals surface area (Å²) in [5, 5.41) is 0. The lowest BCUT2D eigenvalue weighted by atomic mass is 11.9. The minimum Gasteiger partial charge on any atom is -0.468 e. The minimum atomic E-state index is -0.0139. The molecule has 0 unspecified atom stereocenters. The van der Waals surface area contributed by atoms with Crippen molar-refractivity contribution in [3.05, 3.63) is 0 Å². The zero-order valence-corrected chi connectivity index (χ0v) is 7.03. The highest BCUT2D eigenvalue weighted by Gasteiger charge is 1.54. The molecule has 2 N–H and O–H groups in total. The Balaban J connectivity index is 0. The van der Waals surface area contributed by atoms with Gasteiger partial charge in [0.15, 0.2) is 0 Å². The maximum Gasteiger partial charge on any atom is 0.142 e. The van der Waals surface area contributed by atoms with Crippen LogP contribution in [0.4, 0.5) is 0 Å². The van der Waals surface area contributed by atoms with Crippen LogP contribution in [0.25, 0.3) is 0 Å². The van der Waals surface area contributed by atoms with Crippen LogP contribution in [0, 0.1) is 0 Å². The van der Waals surface area contributed by atoms with E-state index in [1.54, 1.807) is 0 Å². The van der Waals surface area contributed by atoms with Gasteiger partial charge < -0.3 is 9.59 Å². The summed E-state index contributed by atoms with van der Waals surface area (Å²) in [5.41, 5.74) is 0. The number of hydrogen-bond acceptors (Lipinski definition) is 1. The van der Waals surface area contributed by atoms with E-state index in [4.69, 9.17) is 4.12 Å². The van der Waals surface area contributed by atoms with E-state index in [1.807, 2.05) is 0 Å². The highest BCUT2D eigenvalue weighted by Crippen LogP contribution is 1.45. The van der Waals surface area contributed by atoms with Crippen molar-refractivity contribution in [2.24, 2.45) is 0 Å². The Morgan fingerprint density at radius 1 is 1.80 bits per heavy atom. The van der Waals surface area contributed by atoms with Crippen LogP contribution in [0.3, 0.4) is 0 Å². The molecular formula is CH10O2Si2. The summed E-state index contributed by atoms with van der Waals surface area (Å²) in [6.07, 6.45) is 0. The maximum absolute atomic E-state index is 4.82. The lowest BCUT2D eigenvalue weighted by molar-refractivity contribution is 0.671. The Kier molecular flexibility index (Phi) is 15.9. The van der Waals surface area contributed by atoms with Crippen LogP contribution in [0.15, 0.2) is 0 Å². The van der Waals surface area contributed by atoms with Crippen LogP contribution in [-0.2, 0) is 4.12 Å². The highest BCUT2D eigenvalue weighted by molar-refractivity contribution is 6.32. The molecule has 34 valence electrons. The van der Waals surface area contributed by atoms with Crippen LogP contribution < -0.4 is 0 Å². The van der Waals surface area contributed by atoms with E-state index in [9.17, 15) is 0 Å². The highest BCUT2D eigenvalue weighted by atomic mass is 28.3. The summed E-state index contributed by atoms with van der Waals surface area (Å²) in [6.45, 7) is 2.13. The molecule has 0 heterocycles. The molecular weight excluding hydrogens is 100 g/mol. The predicted molar refractivity (Wildman–Crippen MR) is 29.0 cm³/mol. The fourth-order valence-electron chi connectivity index (χ4n) is 0. The average Bonchev–Trinajstić information content (AvgIpc) is 1.37. The first-order valence-corrected chi connectivity index (χ1v) is 4.21. The molecule has 0 atom stereocenters. The fourth-order valence-corrected chi connectivity index (χ4v) is 0. The van der Waals surface area contributed by atoms with Crippen molar-refractivity contribution in [2.45, 2.75) is 6.55 Å². The van der Waals surface area contributed by atoms with Crippen molar-refractivity contribution in [3.8, 4) is 0 Å². The third kappa shape index (κ3) is 13.2. The van der Waals surface area contributed by atoms with Crippen LogP contribution >= 0.6 is 0 Å². The molecule has 0 aromatic rings. The van der Waals surface area contributed by atoms with E-state index in [-0.39, 0.29) is 15.2 Å². The summed E-state index contributed by atoms with van der Waals surface area (Å²) < 4.78 is 4.82. The molecule has 2 nitrogen and oxygen atoms in total. The predicted octanol–water partition coefficient (Wildman–Crippen LogP) is -2.41. The zero-order chi connectivity index (χ0) is 3.41. The van der Waals surface area contributed by atoms with E-state index in [0.717, 1.165) is 10.5 Å². The van der Waals surface area contributed by atoms with Gasteiger partial charge in [-0.15, -0.1) is 0 Å². The topological polar surface area (TPSA) is 40.7 Å². The third-order valence-electron chi connectivity index (χ3n) is 0.289. The van der Waals surface area contributed by atoms with Crippen molar-refractivity contribution >= 4 is 20.2 Å². The third-order valence-corrected chi connectivity index (χ3v) is 2.60. The molecule has 0 fully saturated rings. The van der Waals surface area contributed by atoms with Crippen molar-refractivity contribution in [2.75, 3.05) is 0 Å². The van der Waals surface area contributed by atoms with Crippen molar-refractivity contribution in [1.29, 1.82) is 0 Å². The van der Waals surface area contributed by atoms with E-state index < -0.39 is 0 Å². The summed E-state index contributed by atoms with van der Waals surface area (Å²) in [6, 6.07) is 0. The molecule has 0 bridgehead atoms. The monoisotopic (exact) mass is 110 g/mol. The van der Waals surface area contributed by atoms with Gasteiger partial charge in [-0.05, 0) is 0 Å².